The maximum absolute atomic E-state index is 12.9. The molecule has 8 heteroatoms. The van der Waals surface area contributed by atoms with Crippen molar-refractivity contribution in [3.8, 4) is 11.1 Å². The standard InChI is InChI=1S/C24H21N3O3S2/c1-17-7-5-6-10-22(17)25-24(28)26-23-15-20(11-12-21(23)18-13-14-31-16-18)32(29,30)27-19-8-3-2-4-9-19/h2-16,27H,1H3,(H2,25,26,28). The molecule has 0 bridgehead atoms. The van der Waals surface area contributed by atoms with E-state index in [9.17, 15) is 13.2 Å². The smallest absolute Gasteiger partial charge is 0.307 e. The largest absolute Gasteiger partial charge is 0.323 e. The first-order valence-corrected chi connectivity index (χ1v) is 12.2. The van der Waals surface area contributed by atoms with E-state index in [2.05, 4.69) is 15.4 Å². The Morgan fingerprint density at radius 1 is 0.844 bits per heavy atom. The molecular formula is C24H21N3O3S2. The van der Waals surface area contributed by atoms with Crippen molar-refractivity contribution in [2.75, 3.05) is 15.4 Å². The van der Waals surface area contributed by atoms with Crippen molar-refractivity contribution in [3.63, 3.8) is 0 Å². The van der Waals surface area contributed by atoms with Crippen molar-refractivity contribution in [1.29, 1.82) is 0 Å². The Kier molecular flexibility index (Phi) is 6.25. The van der Waals surface area contributed by atoms with Crippen LogP contribution in [0.2, 0.25) is 0 Å². The number of para-hydroxylation sites is 2. The molecule has 0 atom stereocenters. The molecule has 0 saturated heterocycles. The van der Waals surface area contributed by atoms with Crippen molar-refractivity contribution >= 4 is 44.5 Å². The summed E-state index contributed by atoms with van der Waals surface area (Å²) in [7, 11) is -3.84. The van der Waals surface area contributed by atoms with Crippen molar-refractivity contribution in [3.05, 3.63) is 95.2 Å². The summed E-state index contributed by atoms with van der Waals surface area (Å²) in [5.41, 5.74) is 4.07. The number of sulfonamides is 1. The first kappa shape index (κ1) is 21.6. The molecule has 0 aliphatic rings. The SMILES string of the molecule is Cc1ccccc1NC(=O)Nc1cc(S(=O)(=O)Nc2ccccc2)ccc1-c1ccsc1. The molecule has 3 aromatic carbocycles. The number of nitrogens with one attached hydrogen (secondary N) is 3. The summed E-state index contributed by atoms with van der Waals surface area (Å²) in [5.74, 6) is 0. The van der Waals surface area contributed by atoms with Gasteiger partial charge in [0.2, 0.25) is 0 Å². The van der Waals surface area contributed by atoms with Gasteiger partial charge in [0.05, 0.1) is 10.6 Å². The molecule has 0 aliphatic carbocycles. The van der Waals surface area contributed by atoms with E-state index in [0.717, 1.165) is 16.7 Å². The fourth-order valence-corrected chi connectivity index (χ4v) is 4.91. The molecule has 0 unspecified atom stereocenters. The molecule has 32 heavy (non-hydrogen) atoms. The van der Waals surface area contributed by atoms with Crippen LogP contribution in [0, 0.1) is 6.92 Å². The summed E-state index contributed by atoms with van der Waals surface area (Å²) in [6.07, 6.45) is 0. The van der Waals surface area contributed by atoms with Crippen LogP contribution >= 0.6 is 11.3 Å². The van der Waals surface area contributed by atoms with Crippen LogP contribution in [0.5, 0.6) is 0 Å². The monoisotopic (exact) mass is 463 g/mol. The Hall–Kier alpha value is -3.62. The van der Waals surface area contributed by atoms with E-state index >= 15 is 0 Å². The molecule has 2 amide bonds. The Morgan fingerprint density at radius 3 is 2.28 bits per heavy atom. The summed E-state index contributed by atoms with van der Waals surface area (Å²) < 4.78 is 28.4. The molecule has 162 valence electrons. The second-order valence-corrected chi connectivity index (χ2v) is 9.55. The quantitative estimate of drug-likeness (QED) is 0.320. The highest BCUT2D eigenvalue weighted by molar-refractivity contribution is 7.92. The van der Waals surface area contributed by atoms with E-state index in [0.29, 0.717) is 17.1 Å². The second kappa shape index (κ2) is 9.25. The first-order valence-electron chi connectivity index (χ1n) is 9.80. The highest BCUT2D eigenvalue weighted by Crippen LogP contribution is 2.32. The number of rotatable bonds is 6. The van der Waals surface area contributed by atoms with Gasteiger partial charge in [0, 0.05) is 16.9 Å². The van der Waals surface area contributed by atoms with Gasteiger partial charge < -0.3 is 10.6 Å². The lowest BCUT2D eigenvalue weighted by atomic mass is 10.1. The van der Waals surface area contributed by atoms with Crippen LogP contribution in [-0.4, -0.2) is 14.4 Å². The molecular weight excluding hydrogens is 442 g/mol. The van der Waals surface area contributed by atoms with Crippen LogP contribution in [0.25, 0.3) is 11.1 Å². The molecule has 0 radical (unpaired) electrons. The van der Waals surface area contributed by atoms with Crippen LogP contribution in [0.3, 0.4) is 0 Å². The van der Waals surface area contributed by atoms with Gasteiger partial charge >= 0.3 is 6.03 Å². The van der Waals surface area contributed by atoms with Crippen LogP contribution in [0.15, 0.2) is 94.5 Å². The third-order valence-electron chi connectivity index (χ3n) is 4.80. The van der Waals surface area contributed by atoms with Crippen LogP contribution < -0.4 is 15.4 Å². The lowest BCUT2D eigenvalue weighted by Gasteiger charge is -2.15. The number of carbonyl (C=O) groups excluding carboxylic acids is 1. The lowest BCUT2D eigenvalue weighted by molar-refractivity contribution is 0.262. The predicted octanol–water partition coefficient (Wildman–Crippen LogP) is 6.17. The van der Waals surface area contributed by atoms with Gasteiger partial charge in [-0.2, -0.15) is 11.3 Å². The van der Waals surface area contributed by atoms with Crippen molar-refractivity contribution < 1.29 is 13.2 Å². The summed E-state index contributed by atoms with van der Waals surface area (Å²) in [6.45, 7) is 1.90. The molecule has 1 aromatic heterocycles. The average Bonchev–Trinajstić information content (AvgIpc) is 3.30. The summed E-state index contributed by atoms with van der Waals surface area (Å²) in [5, 5.41) is 9.50. The minimum Gasteiger partial charge on any atom is -0.307 e. The van der Waals surface area contributed by atoms with Crippen LogP contribution in [0.1, 0.15) is 5.56 Å². The molecule has 4 rings (SSSR count). The zero-order valence-corrected chi connectivity index (χ0v) is 18.8. The van der Waals surface area contributed by atoms with Gasteiger partial charge in [0.15, 0.2) is 0 Å². The normalized spacial score (nSPS) is 11.0. The summed E-state index contributed by atoms with van der Waals surface area (Å²) >= 11 is 1.52. The van der Waals surface area contributed by atoms with Gasteiger partial charge in [-0.25, -0.2) is 13.2 Å². The van der Waals surface area contributed by atoms with Gasteiger partial charge in [0.1, 0.15) is 0 Å². The number of amides is 2. The predicted molar refractivity (Wildman–Crippen MR) is 131 cm³/mol. The minimum atomic E-state index is -3.84. The Morgan fingerprint density at radius 2 is 1.56 bits per heavy atom. The second-order valence-electron chi connectivity index (χ2n) is 7.08. The number of carbonyl (C=O) groups is 1. The Balaban J connectivity index is 1.66. The molecule has 0 fully saturated rings. The van der Waals surface area contributed by atoms with Gasteiger partial charge in [-0.15, -0.1) is 0 Å². The average molecular weight is 464 g/mol. The van der Waals surface area contributed by atoms with Crippen molar-refractivity contribution in [2.24, 2.45) is 0 Å². The number of hydrogen-bond donors (Lipinski definition) is 3. The molecule has 0 aliphatic heterocycles. The maximum Gasteiger partial charge on any atom is 0.323 e. The fourth-order valence-electron chi connectivity index (χ4n) is 3.17. The van der Waals surface area contributed by atoms with Gasteiger partial charge in [-0.1, -0.05) is 42.5 Å². The topological polar surface area (TPSA) is 87.3 Å². The third-order valence-corrected chi connectivity index (χ3v) is 6.86. The fraction of sp³-hybridized carbons (Fsp3) is 0.0417. The molecule has 6 nitrogen and oxygen atoms in total. The number of anilines is 3. The van der Waals surface area contributed by atoms with Gasteiger partial charge in [-0.3, -0.25) is 4.72 Å². The summed E-state index contributed by atoms with van der Waals surface area (Å²) in [4.78, 5) is 12.8. The Labute approximate surface area is 191 Å². The van der Waals surface area contributed by atoms with Crippen molar-refractivity contribution in [2.45, 2.75) is 11.8 Å². The zero-order valence-electron chi connectivity index (χ0n) is 17.2. The number of urea groups is 1. The van der Waals surface area contributed by atoms with E-state index < -0.39 is 16.1 Å². The Bertz CT molecular complexity index is 1340. The minimum absolute atomic E-state index is 0.0477. The molecule has 3 N–H and O–H groups in total. The van der Waals surface area contributed by atoms with E-state index in [-0.39, 0.29) is 4.90 Å². The first-order chi connectivity index (χ1) is 15.4. The molecule has 1 heterocycles. The van der Waals surface area contributed by atoms with Crippen LogP contribution in [-0.2, 0) is 10.0 Å². The molecule has 0 spiro atoms. The van der Waals surface area contributed by atoms with E-state index in [1.807, 2.05) is 48.0 Å². The van der Waals surface area contributed by atoms with Crippen molar-refractivity contribution in [1.82, 2.24) is 0 Å². The van der Waals surface area contributed by atoms with E-state index in [4.69, 9.17) is 0 Å². The highest BCUT2D eigenvalue weighted by atomic mass is 32.2. The number of hydrogen-bond acceptors (Lipinski definition) is 4. The zero-order chi connectivity index (χ0) is 22.6. The van der Waals surface area contributed by atoms with Crippen LogP contribution in [0.4, 0.5) is 21.9 Å². The number of thiophene rings is 1. The lowest BCUT2D eigenvalue weighted by Crippen LogP contribution is -2.21. The van der Waals surface area contributed by atoms with Gasteiger partial charge in [0.25, 0.3) is 10.0 Å². The summed E-state index contributed by atoms with van der Waals surface area (Å²) in [6, 6.07) is 22.2. The maximum atomic E-state index is 12.9. The van der Waals surface area contributed by atoms with E-state index in [1.165, 1.54) is 23.5 Å². The van der Waals surface area contributed by atoms with Gasteiger partial charge in [-0.05, 0) is 65.2 Å². The molecule has 4 aromatic rings. The highest BCUT2D eigenvalue weighted by Gasteiger charge is 2.18. The molecule has 0 saturated carbocycles. The number of aryl methyl sites for hydroxylation is 1. The number of benzene rings is 3. The third kappa shape index (κ3) is 4.99. The van der Waals surface area contributed by atoms with E-state index in [1.54, 1.807) is 36.4 Å².